The van der Waals surface area contributed by atoms with Gasteiger partial charge in [0.1, 0.15) is 0 Å². The Bertz CT molecular complexity index is 416. The molecule has 2 heteroatoms. The van der Waals surface area contributed by atoms with Crippen LogP contribution in [0.25, 0.3) is 0 Å². The summed E-state index contributed by atoms with van der Waals surface area (Å²) in [6, 6.07) is 10.0. The summed E-state index contributed by atoms with van der Waals surface area (Å²) in [6.45, 7) is 12.7. The highest BCUT2D eigenvalue weighted by Gasteiger charge is 2.26. The van der Waals surface area contributed by atoms with Crippen LogP contribution in [0.3, 0.4) is 0 Å². The lowest BCUT2D eigenvalue weighted by molar-refractivity contribution is 0.248. The van der Waals surface area contributed by atoms with Crippen molar-refractivity contribution < 1.29 is 0 Å². The van der Waals surface area contributed by atoms with E-state index in [4.69, 9.17) is 0 Å². The van der Waals surface area contributed by atoms with Gasteiger partial charge in [-0.15, -0.1) is 0 Å². The van der Waals surface area contributed by atoms with Gasteiger partial charge in [-0.2, -0.15) is 0 Å². The Morgan fingerprint density at radius 1 is 1.30 bits per heavy atom. The largest absolute Gasteiger partial charge is 0.310 e. The molecule has 2 nitrogen and oxygen atoms in total. The number of nitrogens with zero attached hydrogens (tertiary/aromatic N) is 1. The summed E-state index contributed by atoms with van der Waals surface area (Å²) in [5.41, 5.74) is 2.87. The first kappa shape index (κ1) is 15.5. The molecule has 1 aromatic rings. The molecule has 20 heavy (non-hydrogen) atoms. The third-order valence-electron chi connectivity index (χ3n) is 4.63. The average molecular weight is 274 g/mol. The zero-order valence-corrected chi connectivity index (χ0v) is 13.5. The van der Waals surface area contributed by atoms with E-state index < -0.39 is 0 Å². The number of likely N-dealkylation sites (tertiary alicyclic amines) is 1. The predicted octanol–water partition coefficient (Wildman–Crippen LogP) is 3.77. The lowest BCUT2D eigenvalue weighted by atomic mass is 9.98. The molecule has 1 N–H and O–H groups in total. The molecule has 1 aromatic carbocycles. The molecule has 1 aliphatic rings. The summed E-state index contributed by atoms with van der Waals surface area (Å²) >= 11 is 0. The first-order valence-corrected chi connectivity index (χ1v) is 8.14. The Balaban J connectivity index is 1.98. The highest BCUT2D eigenvalue weighted by molar-refractivity contribution is 5.28. The number of rotatable bonds is 6. The second kappa shape index (κ2) is 7.24. The molecule has 1 fully saturated rings. The minimum Gasteiger partial charge on any atom is -0.310 e. The predicted molar refractivity (Wildman–Crippen MR) is 87.0 cm³/mol. The van der Waals surface area contributed by atoms with E-state index in [1.54, 1.807) is 0 Å². The number of aryl methyl sites for hydroxylation is 1. The Morgan fingerprint density at radius 3 is 2.65 bits per heavy atom. The van der Waals surface area contributed by atoms with Crippen molar-refractivity contribution in [2.75, 3.05) is 19.6 Å². The minimum atomic E-state index is 0.490. The van der Waals surface area contributed by atoms with Gasteiger partial charge in [-0.25, -0.2) is 0 Å². The van der Waals surface area contributed by atoms with Crippen LogP contribution in [0.5, 0.6) is 0 Å². The summed E-state index contributed by atoms with van der Waals surface area (Å²) in [5.74, 6) is 0.862. The highest BCUT2D eigenvalue weighted by Crippen LogP contribution is 2.25. The van der Waals surface area contributed by atoms with Crippen LogP contribution in [0.15, 0.2) is 24.3 Å². The second-order valence-corrected chi connectivity index (χ2v) is 6.44. The van der Waals surface area contributed by atoms with Crippen molar-refractivity contribution in [3.05, 3.63) is 35.4 Å². The van der Waals surface area contributed by atoms with Crippen molar-refractivity contribution in [2.45, 2.75) is 52.6 Å². The van der Waals surface area contributed by atoms with Crippen molar-refractivity contribution in [3.8, 4) is 0 Å². The van der Waals surface area contributed by atoms with Gasteiger partial charge >= 0.3 is 0 Å². The topological polar surface area (TPSA) is 15.3 Å². The van der Waals surface area contributed by atoms with Crippen LogP contribution in [0, 0.1) is 12.8 Å². The molecule has 1 saturated heterocycles. The SMILES string of the molecule is CCNC(CCN1CC(C)CC1C)c1ccccc1C. The van der Waals surface area contributed by atoms with Gasteiger partial charge in [0.05, 0.1) is 0 Å². The molecule has 3 atom stereocenters. The molecule has 0 bridgehead atoms. The van der Waals surface area contributed by atoms with E-state index in [0.29, 0.717) is 6.04 Å². The van der Waals surface area contributed by atoms with E-state index in [9.17, 15) is 0 Å². The molecule has 1 heterocycles. The maximum Gasteiger partial charge on any atom is 0.0334 e. The van der Waals surface area contributed by atoms with E-state index in [2.05, 4.69) is 62.2 Å². The molecule has 0 aromatic heterocycles. The molecule has 2 rings (SSSR count). The van der Waals surface area contributed by atoms with Gasteiger partial charge in [-0.3, -0.25) is 0 Å². The fourth-order valence-electron chi connectivity index (χ4n) is 3.58. The molecule has 0 amide bonds. The quantitative estimate of drug-likeness (QED) is 0.849. The van der Waals surface area contributed by atoms with Gasteiger partial charge in [0.2, 0.25) is 0 Å². The summed E-state index contributed by atoms with van der Waals surface area (Å²) < 4.78 is 0. The minimum absolute atomic E-state index is 0.490. The van der Waals surface area contributed by atoms with Crippen molar-refractivity contribution in [3.63, 3.8) is 0 Å². The Kier molecular flexibility index (Phi) is 5.62. The van der Waals surface area contributed by atoms with E-state index in [0.717, 1.165) is 18.5 Å². The van der Waals surface area contributed by atoms with Gasteiger partial charge in [0.15, 0.2) is 0 Å². The first-order chi connectivity index (χ1) is 9.61. The normalized spacial score (nSPS) is 25.0. The summed E-state index contributed by atoms with van der Waals surface area (Å²) in [6.07, 6.45) is 2.56. The van der Waals surface area contributed by atoms with Gasteiger partial charge < -0.3 is 10.2 Å². The van der Waals surface area contributed by atoms with Crippen LogP contribution in [-0.2, 0) is 0 Å². The number of hydrogen-bond donors (Lipinski definition) is 1. The van der Waals surface area contributed by atoms with Crippen LogP contribution in [-0.4, -0.2) is 30.6 Å². The number of hydrogen-bond acceptors (Lipinski definition) is 2. The van der Waals surface area contributed by atoms with E-state index in [1.165, 1.54) is 37.1 Å². The standard InChI is InChI=1S/C18H30N2/c1-5-19-18(17-9-7-6-8-15(17)3)10-11-20-13-14(2)12-16(20)4/h6-9,14,16,18-19H,5,10-13H2,1-4H3. The lowest BCUT2D eigenvalue weighted by Gasteiger charge is -2.26. The molecule has 0 radical (unpaired) electrons. The van der Waals surface area contributed by atoms with Gasteiger partial charge in [-0.1, -0.05) is 38.1 Å². The van der Waals surface area contributed by atoms with E-state index in [1.807, 2.05) is 0 Å². The van der Waals surface area contributed by atoms with Gasteiger partial charge in [0, 0.05) is 25.2 Å². The molecule has 1 aliphatic heterocycles. The average Bonchev–Trinajstić information content (AvgIpc) is 2.74. The van der Waals surface area contributed by atoms with Crippen molar-refractivity contribution in [1.82, 2.24) is 10.2 Å². The third kappa shape index (κ3) is 3.83. The highest BCUT2D eigenvalue weighted by atomic mass is 15.2. The molecule has 0 aliphatic carbocycles. The van der Waals surface area contributed by atoms with Gasteiger partial charge in [-0.05, 0) is 50.3 Å². The van der Waals surface area contributed by atoms with Crippen LogP contribution in [0.4, 0.5) is 0 Å². The zero-order chi connectivity index (χ0) is 14.5. The lowest BCUT2D eigenvalue weighted by Crippen LogP contribution is -2.32. The maximum atomic E-state index is 3.66. The van der Waals surface area contributed by atoms with Crippen LogP contribution < -0.4 is 5.32 Å². The molecule has 3 unspecified atom stereocenters. The van der Waals surface area contributed by atoms with Crippen molar-refractivity contribution in [2.24, 2.45) is 5.92 Å². The zero-order valence-electron chi connectivity index (χ0n) is 13.5. The fourth-order valence-corrected chi connectivity index (χ4v) is 3.58. The Hall–Kier alpha value is -0.860. The van der Waals surface area contributed by atoms with Crippen LogP contribution >= 0.6 is 0 Å². The summed E-state index contributed by atoms with van der Waals surface area (Å²) in [7, 11) is 0. The van der Waals surface area contributed by atoms with Crippen LogP contribution in [0.2, 0.25) is 0 Å². The molecular weight excluding hydrogens is 244 g/mol. The molecule has 0 saturated carbocycles. The second-order valence-electron chi connectivity index (χ2n) is 6.44. The number of benzene rings is 1. The van der Waals surface area contributed by atoms with E-state index in [-0.39, 0.29) is 0 Å². The molecular formula is C18H30N2. The third-order valence-corrected chi connectivity index (χ3v) is 4.63. The first-order valence-electron chi connectivity index (χ1n) is 8.14. The summed E-state index contributed by atoms with van der Waals surface area (Å²) in [4.78, 5) is 2.66. The maximum absolute atomic E-state index is 3.66. The number of nitrogens with one attached hydrogen (secondary N) is 1. The smallest absolute Gasteiger partial charge is 0.0334 e. The summed E-state index contributed by atoms with van der Waals surface area (Å²) in [5, 5.41) is 3.66. The van der Waals surface area contributed by atoms with Crippen molar-refractivity contribution >= 4 is 0 Å². The van der Waals surface area contributed by atoms with Crippen LogP contribution in [0.1, 0.15) is 50.8 Å². The molecule has 0 spiro atoms. The van der Waals surface area contributed by atoms with Crippen molar-refractivity contribution in [1.29, 1.82) is 0 Å². The Morgan fingerprint density at radius 2 is 2.05 bits per heavy atom. The fraction of sp³-hybridized carbons (Fsp3) is 0.667. The Labute approximate surface area is 124 Å². The monoisotopic (exact) mass is 274 g/mol. The molecule has 112 valence electrons. The van der Waals surface area contributed by atoms with Gasteiger partial charge in [0.25, 0.3) is 0 Å². The van der Waals surface area contributed by atoms with E-state index >= 15 is 0 Å².